The monoisotopic (exact) mass is 410 g/mol. The van der Waals surface area contributed by atoms with Crippen LogP contribution in [0, 0.1) is 6.92 Å². The number of thioether (sulfide) groups is 1. The normalized spacial score (nSPS) is 14.2. The lowest BCUT2D eigenvalue weighted by atomic mass is 10.2. The fourth-order valence-electron chi connectivity index (χ4n) is 3.27. The number of carbonyl (C=O) groups excluding carboxylic acids is 2. The van der Waals surface area contributed by atoms with Crippen LogP contribution in [0.2, 0.25) is 0 Å². The third-order valence-corrected chi connectivity index (χ3v) is 5.98. The van der Waals surface area contributed by atoms with E-state index in [1.165, 1.54) is 11.8 Å². The molecule has 0 atom stereocenters. The molecule has 0 aliphatic carbocycles. The largest absolute Gasteiger partial charge is 0.449 e. The Kier molecular flexibility index (Phi) is 5.87. The van der Waals surface area contributed by atoms with E-state index in [-0.39, 0.29) is 23.3 Å². The highest BCUT2D eigenvalue weighted by Crippen LogP contribution is 2.32. The molecule has 1 saturated heterocycles. The molecule has 1 fully saturated rings. The maximum absolute atomic E-state index is 13.0. The number of nitrogens with one attached hydrogen (secondary N) is 1. The molecule has 29 heavy (non-hydrogen) atoms. The van der Waals surface area contributed by atoms with Gasteiger partial charge in [0.1, 0.15) is 11.3 Å². The number of anilines is 1. The van der Waals surface area contributed by atoms with Crippen molar-refractivity contribution in [3.8, 4) is 0 Å². The predicted octanol–water partition coefficient (Wildman–Crippen LogP) is 3.94. The van der Waals surface area contributed by atoms with Crippen LogP contribution in [0.25, 0.3) is 11.0 Å². The van der Waals surface area contributed by atoms with Gasteiger partial charge in [-0.05, 0) is 30.7 Å². The molecule has 3 aromatic rings. The maximum atomic E-state index is 13.0. The highest BCUT2D eigenvalue weighted by atomic mass is 32.2. The number of para-hydroxylation sites is 1. The minimum atomic E-state index is -0.230. The summed E-state index contributed by atoms with van der Waals surface area (Å²) in [6.45, 7) is 4.03. The second-order valence-electron chi connectivity index (χ2n) is 6.81. The summed E-state index contributed by atoms with van der Waals surface area (Å²) in [5.74, 6) is 0.00441. The number of amides is 2. The number of benzene rings is 2. The average molecular weight is 410 g/mol. The van der Waals surface area contributed by atoms with Crippen LogP contribution in [-0.2, 0) is 9.53 Å². The van der Waals surface area contributed by atoms with Gasteiger partial charge in [-0.15, -0.1) is 11.8 Å². The zero-order chi connectivity index (χ0) is 20.2. The molecule has 6 nitrogen and oxygen atoms in total. The van der Waals surface area contributed by atoms with Crippen molar-refractivity contribution in [3.05, 3.63) is 59.9 Å². The first-order chi connectivity index (χ1) is 14.1. The minimum absolute atomic E-state index is 0.169. The number of hydrogen-bond donors (Lipinski definition) is 1. The summed E-state index contributed by atoms with van der Waals surface area (Å²) in [5, 5.41) is 3.63. The average Bonchev–Trinajstić information content (AvgIpc) is 3.11. The van der Waals surface area contributed by atoms with Crippen LogP contribution in [0.3, 0.4) is 0 Å². The molecule has 0 radical (unpaired) electrons. The number of ether oxygens (including phenoxy) is 1. The molecule has 0 unspecified atom stereocenters. The van der Waals surface area contributed by atoms with E-state index in [2.05, 4.69) is 5.32 Å². The summed E-state index contributed by atoms with van der Waals surface area (Å²) in [6, 6.07) is 15.3. The second-order valence-corrected chi connectivity index (χ2v) is 7.83. The molecule has 0 saturated carbocycles. The van der Waals surface area contributed by atoms with Gasteiger partial charge >= 0.3 is 0 Å². The lowest BCUT2D eigenvalue weighted by Crippen LogP contribution is -2.40. The Morgan fingerprint density at radius 2 is 1.79 bits per heavy atom. The van der Waals surface area contributed by atoms with Gasteiger partial charge in [0, 0.05) is 23.4 Å². The molecular formula is C22H22N2O4S. The van der Waals surface area contributed by atoms with E-state index in [0.717, 1.165) is 15.8 Å². The molecule has 2 amide bonds. The number of carbonyl (C=O) groups is 2. The van der Waals surface area contributed by atoms with Crippen molar-refractivity contribution >= 4 is 40.2 Å². The second kappa shape index (κ2) is 8.71. The zero-order valence-corrected chi connectivity index (χ0v) is 17.0. The molecule has 0 bridgehead atoms. The molecule has 2 aromatic carbocycles. The summed E-state index contributed by atoms with van der Waals surface area (Å²) in [7, 11) is 0. The van der Waals surface area contributed by atoms with Gasteiger partial charge in [-0.25, -0.2) is 0 Å². The molecule has 1 aromatic heterocycles. The van der Waals surface area contributed by atoms with Crippen molar-refractivity contribution in [2.45, 2.75) is 11.8 Å². The number of furan rings is 1. The lowest BCUT2D eigenvalue weighted by Gasteiger charge is -2.26. The summed E-state index contributed by atoms with van der Waals surface area (Å²) in [5.41, 5.74) is 2.14. The van der Waals surface area contributed by atoms with Crippen molar-refractivity contribution in [2.75, 3.05) is 37.4 Å². The number of hydrogen-bond acceptors (Lipinski definition) is 5. The van der Waals surface area contributed by atoms with E-state index in [0.29, 0.717) is 37.6 Å². The Balaban J connectivity index is 1.56. The van der Waals surface area contributed by atoms with Gasteiger partial charge in [0.25, 0.3) is 5.91 Å². The molecule has 1 aliphatic rings. The number of fused-ring (bicyclic) bond motifs is 1. The zero-order valence-electron chi connectivity index (χ0n) is 16.1. The van der Waals surface area contributed by atoms with E-state index in [4.69, 9.17) is 9.15 Å². The van der Waals surface area contributed by atoms with Crippen molar-refractivity contribution < 1.29 is 18.7 Å². The first-order valence-corrected chi connectivity index (χ1v) is 10.5. The molecular weight excluding hydrogens is 388 g/mol. The predicted molar refractivity (Wildman–Crippen MR) is 113 cm³/mol. The van der Waals surface area contributed by atoms with Crippen LogP contribution in [0.1, 0.15) is 16.1 Å². The fourth-order valence-corrected chi connectivity index (χ4v) is 4.10. The van der Waals surface area contributed by atoms with E-state index in [1.807, 2.05) is 49.4 Å². The number of aryl methyl sites for hydroxylation is 1. The molecule has 1 N–H and O–H groups in total. The number of rotatable bonds is 5. The van der Waals surface area contributed by atoms with Crippen molar-refractivity contribution in [1.82, 2.24) is 4.90 Å². The summed E-state index contributed by atoms with van der Waals surface area (Å²) in [6.07, 6.45) is 0. The number of nitrogens with zero attached hydrogens (tertiary/aromatic N) is 1. The summed E-state index contributed by atoms with van der Waals surface area (Å²) < 4.78 is 11.2. The Bertz CT molecular complexity index is 1040. The molecule has 1 aliphatic heterocycles. The molecule has 7 heteroatoms. The van der Waals surface area contributed by atoms with Crippen LogP contribution in [0.5, 0.6) is 0 Å². The van der Waals surface area contributed by atoms with E-state index < -0.39 is 0 Å². The van der Waals surface area contributed by atoms with E-state index >= 15 is 0 Å². The quantitative estimate of drug-likeness (QED) is 0.645. The SMILES string of the molecule is Cc1ccccc1SCC(=O)Nc1c(C(=O)N2CCOCC2)oc2ccccc12. The van der Waals surface area contributed by atoms with Gasteiger partial charge in [0.05, 0.1) is 19.0 Å². The molecule has 150 valence electrons. The van der Waals surface area contributed by atoms with Crippen molar-refractivity contribution in [3.63, 3.8) is 0 Å². The summed E-state index contributed by atoms with van der Waals surface area (Å²) >= 11 is 1.47. The molecule has 2 heterocycles. The van der Waals surface area contributed by atoms with Crippen molar-refractivity contribution in [1.29, 1.82) is 0 Å². The Morgan fingerprint density at radius 3 is 2.59 bits per heavy atom. The van der Waals surface area contributed by atoms with Gasteiger partial charge in [-0.3, -0.25) is 9.59 Å². The van der Waals surface area contributed by atoms with E-state index in [1.54, 1.807) is 11.0 Å². The highest BCUT2D eigenvalue weighted by molar-refractivity contribution is 8.00. The minimum Gasteiger partial charge on any atom is -0.449 e. The molecule has 4 rings (SSSR count). The van der Waals surface area contributed by atoms with Crippen LogP contribution in [0.15, 0.2) is 57.8 Å². The van der Waals surface area contributed by atoms with Gasteiger partial charge in [-0.1, -0.05) is 30.3 Å². The van der Waals surface area contributed by atoms with Crippen LogP contribution in [-0.4, -0.2) is 48.8 Å². The first-order valence-electron chi connectivity index (χ1n) is 9.50. The van der Waals surface area contributed by atoms with Crippen LogP contribution < -0.4 is 5.32 Å². The van der Waals surface area contributed by atoms with Crippen molar-refractivity contribution in [2.24, 2.45) is 0 Å². The lowest BCUT2D eigenvalue weighted by molar-refractivity contribution is -0.113. The third-order valence-electron chi connectivity index (χ3n) is 4.80. The smallest absolute Gasteiger partial charge is 0.291 e. The molecule has 0 spiro atoms. The Morgan fingerprint density at radius 1 is 1.07 bits per heavy atom. The standard InChI is InChI=1S/C22H22N2O4S/c1-15-6-2-5-9-18(15)29-14-19(25)23-20-16-7-3-4-8-17(16)28-21(20)22(26)24-10-12-27-13-11-24/h2-9H,10-14H2,1H3,(H,23,25). The Hall–Kier alpha value is -2.77. The first kappa shape index (κ1) is 19.5. The number of morpholine rings is 1. The van der Waals surface area contributed by atoms with Gasteiger partial charge in [0.2, 0.25) is 11.7 Å². The van der Waals surface area contributed by atoms with Crippen LogP contribution in [0.4, 0.5) is 5.69 Å². The topological polar surface area (TPSA) is 71.8 Å². The van der Waals surface area contributed by atoms with E-state index in [9.17, 15) is 9.59 Å². The Labute approximate surface area is 173 Å². The van der Waals surface area contributed by atoms with Crippen LogP contribution >= 0.6 is 11.8 Å². The van der Waals surface area contributed by atoms with Gasteiger partial charge in [-0.2, -0.15) is 0 Å². The maximum Gasteiger partial charge on any atom is 0.291 e. The fraction of sp³-hybridized carbons (Fsp3) is 0.273. The highest BCUT2D eigenvalue weighted by Gasteiger charge is 2.27. The third kappa shape index (κ3) is 4.31. The van der Waals surface area contributed by atoms with Gasteiger partial charge in [0.15, 0.2) is 0 Å². The van der Waals surface area contributed by atoms with Gasteiger partial charge < -0.3 is 19.4 Å². The summed E-state index contributed by atoms with van der Waals surface area (Å²) in [4.78, 5) is 28.4.